The molecule has 2 rings (SSSR count). The van der Waals surface area contributed by atoms with E-state index < -0.39 is 0 Å². The lowest BCUT2D eigenvalue weighted by atomic mass is 10.2. The lowest BCUT2D eigenvalue weighted by Crippen LogP contribution is -1.93. The molecular weight excluding hydrogens is 234 g/mol. The largest absolute Gasteiger partial charge is 0.440 e. The lowest BCUT2D eigenvalue weighted by molar-refractivity contribution is -0.114. The number of rotatable bonds is 5. The minimum Gasteiger partial charge on any atom is -0.440 e. The van der Waals surface area contributed by atoms with Gasteiger partial charge >= 0.3 is 0 Å². The first-order chi connectivity index (χ1) is 8.25. The third kappa shape index (κ3) is 3.46. The zero-order chi connectivity index (χ0) is 12.1. The number of carbonyl (C=O) groups is 1. The number of oxazole rings is 1. The lowest BCUT2D eigenvalue weighted by Gasteiger charge is -1.95. The van der Waals surface area contributed by atoms with Gasteiger partial charge in [-0.2, -0.15) is 0 Å². The first-order valence-electron chi connectivity index (χ1n) is 5.33. The summed E-state index contributed by atoms with van der Waals surface area (Å²) in [6.45, 7) is 1.58. The van der Waals surface area contributed by atoms with Crippen LogP contribution < -0.4 is 0 Å². The van der Waals surface area contributed by atoms with E-state index in [1.807, 2.05) is 30.3 Å². The minimum atomic E-state index is 0.171. The average molecular weight is 247 g/mol. The highest BCUT2D eigenvalue weighted by Gasteiger charge is 2.06. The van der Waals surface area contributed by atoms with Gasteiger partial charge in [0.1, 0.15) is 5.78 Å². The molecule has 88 valence electrons. The third-order valence-corrected chi connectivity index (χ3v) is 3.20. The van der Waals surface area contributed by atoms with Gasteiger partial charge in [0.15, 0.2) is 5.76 Å². The summed E-state index contributed by atoms with van der Waals surface area (Å²) >= 11 is 1.52. The van der Waals surface area contributed by atoms with E-state index in [0.717, 1.165) is 11.3 Å². The Labute approximate surface area is 104 Å². The van der Waals surface area contributed by atoms with Crippen LogP contribution in [0.2, 0.25) is 0 Å². The van der Waals surface area contributed by atoms with Gasteiger partial charge in [-0.15, -0.1) is 11.8 Å². The summed E-state index contributed by atoms with van der Waals surface area (Å²) in [6.07, 6.45) is 1.72. The van der Waals surface area contributed by atoms with Gasteiger partial charge in [-0.3, -0.25) is 4.79 Å². The Kier molecular flexibility index (Phi) is 3.98. The van der Waals surface area contributed by atoms with E-state index in [-0.39, 0.29) is 5.78 Å². The Balaban J connectivity index is 1.99. The molecule has 0 spiro atoms. The number of hydrogen-bond acceptors (Lipinski definition) is 4. The topological polar surface area (TPSA) is 43.1 Å². The standard InChI is InChI=1S/C13H13NO2S/c1-10(15)8-17-9-13-14-7-12(16-13)11-5-3-2-4-6-11/h2-7H,8-9H2,1H3. The van der Waals surface area contributed by atoms with E-state index in [1.165, 1.54) is 11.8 Å². The second-order valence-electron chi connectivity index (χ2n) is 3.68. The van der Waals surface area contributed by atoms with Crippen molar-refractivity contribution >= 4 is 17.5 Å². The van der Waals surface area contributed by atoms with Crippen molar-refractivity contribution in [2.24, 2.45) is 0 Å². The van der Waals surface area contributed by atoms with Crippen molar-refractivity contribution in [3.8, 4) is 11.3 Å². The highest BCUT2D eigenvalue weighted by molar-refractivity contribution is 7.99. The van der Waals surface area contributed by atoms with Crippen LogP contribution in [0.25, 0.3) is 11.3 Å². The van der Waals surface area contributed by atoms with Crippen molar-refractivity contribution < 1.29 is 9.21 Å². The summed E-state index contributed by atoms with van der Waals surface area (Å²) in [6, 6.07) is 9.84. The summed E-state index contributed by atoms with van der Waals surface area (Å²) in [7, 11) is 0. The Bertz CT molecular complexity index is 493. The fourth-order valence-electron chi connectivity index (χ4n) is 1.39. The number of Topliss-reactive ketones (excluding diaryl/α,β-unsaturated/α-hetero) is 1. The molecule has 17 heavy (non-hydrogen) atoms. The third-order valence-electron chi connectivity index (χ3n) is 2.14. The summed E-state index contributed by atoms with van der Waals surface area (Å²) < 4.78 is 5.61. The number of benzene rings is 1. The highest BCUT2D eigenvalue weighted by atomic mass is 32.2. The second kappa shape index (κ2) is 5.68. The maximum absolute atomic E-state index is 10.8. The molecule has 0 amide bonds. The fraction of sp³-hybridized carbons (Fsp3) is 0.231. The van der Waals surface area contributed by atoms with Crippen LogP contribution in [0.5, 0.6) is 0 Å². The van der Waals surface area contributed by atoms with Gasteiger partial charge in [-0.1, -0.05) is 30.3 Å². The second-order valence-corrected chi connectivity index (χ2v) is 4.66. The van der Waals surface area contributed by atoms with E-state index in [4.69, 9.17) is 4.42 Å². The van der Waals surface area contributed by atoms with Gasteiger partial charge < -0.3 is 4.42 Å². The molecule has 0 fully saturated rings. The van der Waals surface area contributed by atoms with Gasteiger partial charge in [0.25, 0.3) is 0 Å². The number of thioether (sulfide) groups is 1. The van der Waals surface area contributed by atoms with E-state index in [0.29, 0.717) is 17.4 Å². The molecule has 0 aliphatic carbocycles. The molecule has 0 saturated heterocycles. The molecule has 0 unspecified atom stereocenters. The highest BCUT2D eigenvalue weighted by Crippen LogP contribution is 2.21. The molecule has 1 heterocycles. The molecule has 0 N–H and O–H groups in total. The maximum Gasteiger partial charge on any atom is 0.204 e. The van der Waals surface area contributed by atoms with Crippen molar-refractivity contribution in [2.45, 2.75) is 12.7 Å². The van der Waals surface area contributed by atoms with Crippen molar-refractivity contribution in [3.05, 3.63) is 42.4 Å². The van der Waals surface area contributed by atoms with Crippen LogP contribution in [0.4, 0.5) is 0 Å². The summed E-state index contributed by atoms with van der Waals surface area (Å²) in [4.78, 5) is 15.0. The number of hydrogen-bond donors (Lipinski definition) is 0. The van der Waals surface area contributed by atoms with Crippen LogP contribution in [0, 0.1) is 0 Å². The summed E-state index contributed by atoms with van der Waals surface area (Å²) in [5.41, 5.74) is 1.02. The molecular formula is C13H13NO2S. The Hall–Kier alpha value is -1.55. The smallest absolute Gasteiger partial charge is 0.204 e. The van der Waals surface area contributed by atoms with E-state index in [1.54, 1.807) is 13.1 Å². The van der Waals surface area contributed by atoms with E-state index >= 15 is 0 Å². The van der Waals surface area contributed by atoms with Crippen molar-refractivity contribution in [2.75, 3.05) is 5.75 Å². The van der Waals surface area contributed by atoms with Crippen molar-refractivity contribution in [3.63, 3.8) is 0 Å². The van der Waals surface area contributed by atoms with E-state index in [2.05, 4.69) is 4.98 Å². The number of nitrogens with zero attached hydrogens (tertiary/aromatic N) is 1. The molecule has 0 aliphatic rings. The van der Waals surface area contributed by atoms with Crippen LogP contribution in [0.3, 0.4) is 0 Å². The summed E-state index contributed by atoms with van der Waals surface area (Å²) in [5, 5.41) is 0. The molecule has 1 aromatic heterocycles. The molecule has 0 radical (unpaired) electrons. The predicted molar refractivity (Wildman–Crippen MR) is 68.8 cm³/mol. The van der Waals surface area contributed by atoms with Crippen LogP contribution in [0.15, 0.2) is 40.9 Å². The first kappa shape index (κ1) is 11.9. The number of aromatic nitrogens is 1. The van der Waals surface area contributed by atoms with E-state index in [9.17, 15) is 4.79 Å². The van der Waals surface area contributed by atoms with Crippen LogP contribution >= 0.6 is 11.8 Å². The van der Waals surface area contributed by atoms with Crippen LogP contribution in [0.1, 0.15) is 12.8 Å². The van der Waals surface area contributed by atoms with Gasteiger partial charge in [0.2, 0.25) is 5.89 Å². The number of ketones is 1. The normalized spacial score (nSPS) is 10.4. The Morgan fingerprint density at radius 1 is 1.35 bits per heavy atom. The number of carbonyl (C=O) groups excluding carboxylic acids is 1. The fourth-order valence-corrected chi connectivity index (χ4v) is 2.09. The zero-order valence-electron chi connectivity index (χ0n) is 9.55. The predicted octanol–water partition coefficient (Wildman–Crippen LogP) is 3.16. The van der Waals surface area contributed by atoms with Crippen LogP contribution in [-0.2, 0) is 10.5 Å². The molecule has 0 atom stereocenters. The SMILES string of the molecule is CC(=O)CSCc1ncc(-c2ccccc2)o1. The molecule has 3 nitrogen and oxygen atoms in total. The van der Waals surface area contributed by atoms with Crippen molar-refractivity contribution in [1.29, 1.82) is 0 Å². The zero-order valence-corrected chi connectivity index (χ0v) is 10.4. The minimum absolute atomic E-state index is 0.171. The Morgan fingerprint density at radius 2 is 2.12 bits per heavy atom. The van der Waals surface area contributed by atoms with Crippen molar-refractivity contribution in [1.82, 2.24) is 4.98 Å². The molecule has 0 bridgehead atoms. The van der Waals surface area contributed by atoms with Crippen LogP contribution in [-0.4, -0.2) is 16.5 Å². The quantitative estimate of drug-likeness (QED) is 0.814. The first-order valence-corrected chi connectivity index (χ1v) is 6.48. The molecule has 0 aliphatic heterocycles. The summed E-state index contributed by atoms with van der Waals surface area (Å²) in [5.74, 6) is 2.74. The molecule has 0 saturated carbocycles. The maximum atomic E-state index is 10.8. The van der Waals surface area contributed by atoms with Gasteiger partial charge in [0.05, 0.1) is 17.7 Å². The average Bonchev–Trinajstić information content (AvgIpc) is 2.78. The molecule has 1 aromatic carbocycles. The van der Waals surface area contributed by atoms with Gasteiger partial charge in [-0.05, 0) is 6.92 Å². The van der Waals surface area contributed by atoms with Gasteiger partial charge in [0, 0.05) is 5.56 Å². The Morgan fingerprint density at radius 3 is 2.82 bits per heavy atom. The molecule has 2 aromatic rings. The monoisotopic (exact) mass is 247 g/mol. The molecule has 4 heteroatoms. The van der Waals surface area contributed by atoms with Gasteiger partial charge in [-0.25, -0.2) is 4.98 Å².